The lowest BCUT2D eigenvalue weighted by molar-refractivity contribution is 0.0785. The molecule has 4 nitrogen and oxygen atoms in total. The average Bonchev–Trinajstić information content (AvgIpc) is 2.40. The van der Waals surface area contributed by atoms with Crippen LogP contribution in [-0.4, -0.2) is 16.0 Å². The highest BCUT2D eigenvalue weighted by molar-refractivity contribution is 6.03. The lowest BCUT2D eigenvalue weighted by Crippen LogP contribution is -2.18. The molecule has 0 aliphatic carbocycles. The van der Waals surface area contributed by atoms with Crippen molar-refractivity contribution in [3.05, 3.63) is 59.3 Å². The fourth-order valence-electron chi connectivity index (χ4n) is 1.77. The molecule has 2 N–H and O–H groups in total. The third-order valence-electron chi connectivity index (χ3n) is 2.98. The molecular formula is C16H18N2O2. The Labute approximate surface area is 118 Å². The number of aryl methyl sites for hydroxylation is 1. The maximum atomic E-state index is 12.1. The van der Waals surface area contributed by atoms with Gasteiger partial charge in [-0.25, -0.2) is 4.98 Å². The number of carbonyl (C=O) groups excluding carboxylic acids is 1. The molecule has 104 valence electrons. The first-order valence-electron chi connectivity index (χ1n) is 6.43. The molecule has 0 unspecified atom stereocenters. The number of aromatic nitrogens is 1. The largest absolute Gasteiger partial charge is 0.386 e. The molecule has 20 heavy (non-hydrogen) atoms. The third kappa shape index (κ3) is 3.42. The quantitative estimate of drug-likeness (QED) is 0.901. The van der Waals surface area contributed by atoms with Crippen LogP contribution in [0.15, 0.2) is 42.6 Å². The smallest absolute Gasteiger partial charge is 0.256 e. The number of benzene rings is 1. The molecule has 0 saturated carbocycles. The molecule has 1 aromatic carbocycles. The van der Waals surface area contributed by atoms with E-state index < -0.39 is 5.60 Å². The zero-order valence-corrected chi connectivity index (χ0v) is 11.8. The molecule has 0 aliphatic rings. The summed E-state index contributed by atoms with van der Waals surface area (Å²) in [6.45, 7) is 5.31. The number of pyridine rings is 1. The third-order valence-corrected chi connectivity index (χ3v) is 2.98. The predicted octanol–water partition coefficient (Wildman–Crippen LogP) is 2.87. The Morgan fingerprint density at radius 2 is 2.00 bits per heavy atom. The minimum atomic E-state index is -0.974. The highest BCUT2D eigenvalue weighted by Crippen LogP contribution is 2.20. The molecule has 0 bridgehead atoms. The van der Waals surface area contributed by atoms with Crippen molar-refractivity contribution in [2.24, 2.45) is 0 Å². The second-order valence-electron chi connectivity index (χ2n) is 5.31. The SMILES string of the molecule is Cc1ccc(NC(=O)c2cccc(C(C)(C)O)c2)nc1. The van der Waals surface area contributed by atoms with Crippen molar-refractivity contribution in [3.63, 3.8) is 0 Å². The molecule has 2 aromatic rings. The van der Waals surface area contributed by atoms with Gasteiger partial charge in [0, 0.05) is 11.8 Å². The van der Waals surface area contributed by atoms with Crippen LogP contribution >= 0.6 is 0 Å². The number of amides is 1. The van der Waals surface area contributed by atoms with Gasteiger partial charge in [-0.05, 0) is 50.1 Å². The molecule has 1 amide bonds. The summed E-state index contributed by atoms with van der Waals surface area (Å²) in [5, 5.41) is 12.7. The van der Waals surface area contributed by atoms with E-state index in [1.54, 1.807) is 50.4 Å². The van der Waals surface area contributed by atoms with Gasteiger partial charge in [0.2, 0.25) is 0 Å². The standard InChI is InChI=1S/C16H18N2O2/c1-11-7-8-14(17-10-11)18-15(19)12-5-4-6-13(9-12)16(2,3)20/h4-10,20H,1-3H3,(H,17,18,19). The number of hydrogen-bond acceptors (Lipinski definition) is 3. The van der Waals surface area contributed by atoms with Gasteiger partial charge in [0.1, 0.15) is 5.82 Å². The van der Waals surface area contributed by atoms with Crippen molar-refractivity contribution in [2.75, 3.05) is 5.32 Å². The van der Waals surface area contributed by atoms with Gasteiger partial charge in [-0.1, -0.05) is 18.2 Å². The van der Waals surface area contributed by atoms with Gasteiger partial charge >= 0.3 is 0 Å². The van der Waals surface area contributed by atoms with Crippen LogP contribution in [0, 0.1) is 6.92 Å². The predicted molar refractivity (Wildman–Crippen MR) is 78.6 cm³/mol. The summed E-state index contributed by atoms with van der Waals surface area (Å²) in [6, 6.07) is 10.6. The van der Waals surface area contributed by atoms with E-state index in [1.165, 1.54) is 0 Å². The van der Waals surface area contributed by atoms with E-state index in [0.717, 1.165) is 5.56 Å². The van der Waals surface area contributed by atoms with Gasteiger partial charge in [-0.3, -0.25) is 4.79 Å². The first-order chi connectivity index (χ1) is 9.36. The van der Waals surface area contributed by atoms with E-state index in [4.69, 9.17) is 0 Å². The summed E-state index contributed by atoms with van der Waals surface area (Å²) in [5.41, 5.74) is 1.25. The second kappa shape index (κ2) is 5.43. The molecule has 1 heterocycles. The lowest BCUT2D eigenvalue weighted by atomic mass is 9.96. The van der Waals surface area contributed by atoms with Crippen LogP contribution in [0.1, 0.15) is 35.3 Å². The number of hydrogen-bond donors (Lipinski definition) is 2. The minimum absolute atomic E-state index is 0.243. The summed E-state index contributed by atoms with van der Waals surface area (Å²) in [5.74, 6) is 0.265. The molecule has 0 atom stereocenters. The summed E-state index contributed by atoms with van der Waals surface area (Å²) < 4.78 is 0. The fourth-order valence-corrected chi connectivity index (χ4v) is 1.77. The molecule has 1 aromatic heterocycles. The van der Waals surface area contributed by atoms with Crippen molar-refractivity contribution >= 4 is 11.7 Å². The number of carbonyl (C=O) groups is 1. The summed E-state index contributed by atoms with van der Waals surface area (Å²) in [4.78, 5) is 16.3. The summed E-state index contributed by atoms with van der Waals surface area (Å²) >= 11 is 0. The number of nitrogens with zero attached hydrogens (tertiary/aromatic N) is 1. The Morgan fingerprint density at radius 3 is 2.60 bits per heavy atom. The van der Waals surface area contributed by atoms with Crippen molar-refractivity contribution in [1.82, 2.24) is 4.98 Å². The van der Waals surface area contributed by atoms with Gasteiger partial charge < -0.3 is 10.4 Å². The number of nitrogens with one attached hydrogen (secondary N) is 1. The topological polar surface area (TPSA) is 62.2 Å². The number of rotatable bonds is 3. The minimum Gasteiger partial charge on any atom is -0.386 e. The first kappa shape index (κ1) is 14.2. The molecule has 0 saturated heterocycles. The zero-order chi connectivity index (χ0) is 14.8. The van der Waals surface area contributed by atoms with Gasteiger partial charge in [-0.2, -0.15) is 0 Å². The van der Waals surface area contributed by atoms with E-state index in [1.807, 2.05) is 13.0 Å². The van der Waals surface area contributed by atoms with Crippen molar-refractivity contribution in [3.8, 4) is 0 Å². The van der Waals surface area contributed by atoms with Gasteiger partial charge in [0.25, 0.3) is 5.91 Å². The van der Waals surface area contributed by atoms with Crippen molar-refractivity contribution < 1.29 is 9.90 Å². The van der Waals surface area contributed by atoms with Crippen molar-refractivity contribution in [1.29, 1.82) is 0 Å². The Bertz CT molecular complexity index is 613. The van der Waals surface area contributed by atoms with Crippen LogP contribution < -0.4 is 5.32 Å². The molecule has 0 radical (unpaired) electrons. The molecule has 0 aliphatic heterocycles. The average molecular weight is 270 g/mol. The Hall–Kier alpha value is -2.20. The highest BCUT2D eigenvalue weighted by Gasteiger charge is 2.17. The van der Waals surface area contributed by atoms with Gasteiger partial charge in [0.05, 0.1) is 5.60 Å². The lowest BCUT2D eigenvalue weighted by Gasteiger charge is -2.18. The van der Waals surface area contributed by atoms with Gasteiger partial charge in [0.15, 0.2) is 0 Å². The maximum Gasteiger partial charge on any atom is 0.256 e. The van der Waals surface area contributed by atoms with Gasteiger partial charge in [-0.15, -0.1) is 0 Å². The van der Waals surface area contributed by atoms with Crippen LogP contribution in [-0.2, 0) is 5.60 Å². The van der Waals surface area contributed by atoms with Crippen LogP contribution in [0.3, 0.4) is 0 Å². The van der Waals surface area contributed by atoms with Crippen molar-refractivity contribution in [2.45, 2.75) is 26.4 Å². The maximum absolute atomic E-state index is 12.1. The van der Waals surface area contributed by atoms with Crippen LogP contribution in [0.5, 0.6) is 0 Å². The zero-order valence-electron chi connectivity index (χ0n) is 11.8. The van der Waals surface area contributed by atoms with Crippen LogP contribution in [0.4, 0.5) is 5.82 Å². The highest BCUT2D eigenvalue weighted by atomic mass is 16.3. The number of aliphatic hydroxyl groups is 1. The normalized spacial score (nSPS) is 11.2. The van der Waals surface area contributed by atoms with E-state index in [-0.39, 0.29) is 5.91 Å². The Balaban J connectivity index is 2.19. The van der Waals surface area contributed by atoms with Crippen LogP contribution in [0.25, 0.3) is 0 Å². The molecule has 2 rings (SSSR count). The molecule has 4 heteroatoms. The monoisotopic (exact) mass is 270 g/mol. The Morgan fingerprint density at radius 1 is 1.25 bits per heavy atom. The molecule has 0 fully saturated rings. The first-order valence-corrected chi connectivity index (χ1v) is 6.43. The van der Waals surface area contributed by atoms with Crippen LogP contribution in [0.2, 0.25) is 0 Å². The Kier molecular flexibility index (Phi) is 3.86. The second-order valence-corrected chi connectivity index (χ2v) is 5.31. The fraction of sp³-hybridized carbons (Fsp3) is 0.250. The van der Waals surface area contributed by atoms with E-state index in [9.17, 15) is 9.90 Å². The van der Waals surface area contributed by atoms with E-state index in [2.05, 4.69) is 10.3 Å². The van der Waals surface area contributed by atoms with E-state index >= 15 is 0 Å². The molecule has 0 spiro atoms. The number of anilines is 1. The molecular weight excluding hydrogens is 252 g/mol. The summed E-state index contributed by atoms with van der Waals surface area (Å²) in [7, 11) is 0. The van der Waals surface area contributed by atoms with E-state index in [0.29, 0.717) is 16.9 Å². The summed E-state index contributed by atoms with van der Waals surface area (Å²) in [6.07, 6.45) is 1.70.